The lowest BCUT2D eigenvalue weighted by Gasteiger charge is -2.31. The van der Waals surface area contributed by atoms with Crippen molar-refractivity contribution in [3.8, 4) is 5.69 Å². The predicted molar refractivity (Wildman–Crippen MR) is 85.5 cm³/mol. The zero-order valence-electron chi connectivity index (χ0n) is 13.1. The first-order chi connectivity index (χ1) is 11.0. The number of hydrogen-bond donors (Lipinski definition) is 3. The van der Waals surface area contributed by atoms with Crippen molar-refractivity contribution in [1.29, 1.82) is 0 Å². The molecule has 0 fully saturated rings. The van der Waals surface area contributed by atoms with Crippen molar-refractivity contribution in [2.24, 2.45) is 0 Å². The number of rotatable bonds is 3. The molecular formula is C16H20FN4O2+. The second-order valence-corrected chi connectivity index (χ2v) is 5.87. The van der Waals surface area contributed by atoms with Gasteiger partial charge in [0.25, 0.3) is 5.56 Å². The van der Waals surface area contributed by atoms with E-state index in [1.54, 1.807) is 12.1 Å². The number of para-hydroxylation sites is 1. The molecule has 0 spiro atoms. The van der Waals surface area contributed by atoms with Crippen molar-refractivity contribution in [2.45, 2.75) is 32.9 Å². The van der Waals surface area contributed by atoms with Gasteiger partial charge < -0.3 is 10.2 Å². The van der Waals surface area contributed by atoms with Gasteiger partial charge in [-0.15, -0.1) is 0 Å². The van der Waals surface area contributed by atoms with E-state index in [1.807, 2.05) is 0 Å². The number of aromatic amines is 1. The number of aromatic nitrogens is 2. The minimum absolute atomic E-state index is 0.129. The summed E-state index contributed by atoms with van der Waals surface area (Å²) in [6.07, 6.45) is 0.983. The van der Waals surface area contributed by atoms with Gasteiger partial charge in [0.05, 0.1) is 11.7 Å². The van der Waals surface area contributed by atoms with Crippen LogP contribution in [0.3, 0.4) is 0 Å². The summed E-state index contributed by atoms with van der Waals surface area (Å²) in [5.74, 6) is -0.127. The molecule has 1 aliphatic heterocycles. The molecule has 0 saturated heterocycles. The summed E-state index contributed by atoms with van der Waals surface area (Å²) in [5, 5.41) is 3.14. The number of halogens is 1. The molecule has 0 aliphatic carbocycles. The fourth-order valence-corrected chi connectivity index (χ4v) is 2.91. The topological polar surface area (TPSA) is 71.3 Å². The predicted octanol–water partition coefficient (Wildman–Crippen LogP) is 0.231. The fraction of sp³-hybridized carbons (Fsp3) is 0.375. The summed E-state index contributed by atoms with van der Waals surface area (Å²) >= 11 is 0. The Kier molecular flexibility index (Phi) is 4.04. The number of anilines is 1. The van der Waals surface area contributed by atoms with Crippen LogP contribution in [0.2, 0.25) is 0 Å². The average molecular weight is 319 g/mol. The largest absolute Gasteiger partial charge is 0.334 e. The first-order valence-electron chi connectivity index (χ1n) is 7.74. The molecular weight excluding hydrogens is 299 g/mol. The first kappa shape index (κ1) is 15.5. The van der Waals surface area contributed by atoms with Crippen LogP contribution in [-0.2, 0) is 6.54 Å². The zero-order chi connectivity index (χ0) is 16.6. The van der Waals surface area contributed by atoms with Gasteiger partial charge in [-0.2, -0.15) is 0 Å². The molecule has 0 radical (unpaired) electrons. The number of hydrogen-bond acceptors (Lipinski definition) is 3. The molecule has 1 aliphatic rings. The standard InChI is InChI=1S/C16H19FN4O2/c1-3-10(2)20-8-11-14(18-9-20)21(16(23)19-15(11)22)13-7-5-4-6-12(13)17/h4-7,10,18H,3,8-9H2,1-2H3,(H,19,22,23)/p+1/t10-/m0/s1. The van der Waals surface area contributed by atoms with E-state index in [2.05, 4.69) is 24.1 Å². The molecule has 2 heterocycles. The zero-order valence-corrected chi connectivity index (χ0v) is 13.1. The Morgan fingerprint density at radius 2 is 2.09 bits per heavy atom. The molecule has 122 valence electrons. The highest BCUT2D eigenvalue weighted by Crippen LogP contribution is 2.18. The third-order valence-corrected chi connectivity index (χ3v) is 4.50. The number of H-pyrrole nitrogens is 1. The quantitative estimate of drug-likeness (QED) is 0.758. The molecule has 6 nitrogen and oxygen atoms in total. The van der Waals surface area contributed by atoms with E-state index in [0.29, 0.717) is 30.6 Å². The van der Waals surface area contributed by atoms with Gasteiger partial charge in [-0.05, 0) is 25.5 Å². The van der Waals surface area contributed by atoms with Gasteiger partial charge in [0, 0.05) is 0 Å². The van der Waals surface area contributed by atoms with Gasteiger partial charge >= 0.3 is 5.69 Å². The maximum absolute atomic E-state index is 14.1. The summed E-state index contributed by atoms with van der Waals surface area (Å²) in [4.78, 5) is 27.9. The van der Waals surface area contributed by atoms with Gasteiger partial charge in [-0.3, -0.25) is 9.78 Å². The van der Waals surface area contributed by atoms with E-state index in [-0.39, 0.29) is 5.69 Å². The second-order valence-electron chi connectivity index (χ2n) is 5.87. The Morgan fingerprint density at radius 3 is 2.78 bits per heavy atom. The van der Waals surface area contributed by atoms with Crippen molar-refractivity contribution in [3.63, 3.8) is 0 Å². The van der Waals surface area contributed by atoms with Crippen LogP contribution in [0.15, 0.2) is 33.9 Å². The molecule has 7 heteroatoms. The molecule has 1 aromatic heterocycles. The summed E-state index contributed by atoms with van der Waals surface area (Å²) in [6.45, 7) is 5.29. The Hall–Kier alpha value is -2.41. The summed E-state index contributed by atoms with van der Waals surface area (Å²) in [7, 11) is 0. The molecule has 3 N–H and O–H groups in total. The Morgan fingerprint density at radius 1 is 1.35 bits per heavy atom. The summed E-state index contributed by atoms with van der Waals surface area (Å²) in [5.41, 5.74) is -0.442. The van der Waals surface area contributed by atoms with Crippen LogP contribution in [0.1, 0.15) is 25.8 Å². The molecule has 2 aromatic rings. The highest BCUT2D eigenvalue weighted by molar-refractivity contribution is 5.51. The number of nitrogens with one attached hydrogen (secondary N) is 3. The van der Waals surface area contributed by atoms with Crippen LogP contribution in [-0.4, -0.2) is 22.3 Å². The Labute approximate surface area is 132 Å². The van der Waals surface area contributed by atoms with Crippen LogP contribution >= 0.6 is 0 Å². The number of nitrogens with zero attached hydrogens (tertiary/aromatic N) is 1. The number of benzene rings is 1. The van der Waals surface area contributed by atoms with Crippen LogP contribution in [0, 0.1) is 5.82 Å². The van der Waals surface area contributed by atoms with Crippen LogP contribution in [0.25, 0.3) is 5.69 Å². The molecule has 0 saturated carbocycles. The highest BCUT2D eigenvalue weighted by Gasteiger charge is 2.28. The third-order valence-electron chi connectivity index (χ3n) is 4.50. The smallest absolute Gasteiger partial charge is 0.324 e. The number of fused-ring (bicyclic) bond motifs is 1. The highest BCUT2D eigenvalue weighted by atomic mass is 19.1. The summed E-state index contributed by atoms with van der Waals surface area (Å²) in [6, 6.07) is 6.40. The second kappa shape index (κ2) is 6.00. The Bertz CT molecular complexity index is 843. The van der Waals surface area contributed by atoms with Gasteiger partial charge in [0.2, 0.25) is 0 Å². The van der Waals surface area contributed by atoms with Crippen molar-refractivity contribution in [3.05, 3.63) is 56.5 Å². The molecule has 3 rings (SSSR count). The molecule has 0 amide bonds. The van der Waals surface area contributed by atoms with Gasteiger partial charge in [0.15, 0.2) is 6.67 Å². The minimum Gasteiger partial charge on any atom is -0.324 e. The summed E-state index contributed by atoms with van der Waals surface area (Å²) < 4.78 is 15.3. The van der Waals surface area contributed by atoms with E-state index in [4.69, 9.17) is 0 Å². The maximum Gasteiger partial charge on any atom is 0.334 e. The normalized spacial score (nSPS) is 18.1. The molecule has 0 bridgehead atoms. The monoisotopic (exact) mass is 319 g/mol. The lowest BCUT2D eigenvalue weighted by Crippen LogP contribution is -3.16. The average Bonchev–Trinajstić information content (AvgIpc) is 2.55. The molecule has 23 heavy (non-hydrogen) atoms. The van der Waals surface area contributed by atoms with Crippen molar-refractivity contribution < 1.29 is 9.29 Å². The van der Waals surface area contributed by atoms with Crippen molar-refractivity contribution >= 4 is 5.82 Å². The van der Waals surface area contributed by atoms with E-state index < -0.39 is 17.1 Å². The van der Waals surface area contributed by atoms with E-state index >= 15 is 0 Å². The SMILES string of the molecule is CC[C@H](C)[NH+]1CNc2c(c(=O)[nH]c(=O)n2-c2ccccc2F)C1. The minimum atomic E-state index is -0.640. The maximum atomic E-state index is 14.1. The van der Waals surface area contributed by atoms with E-state index in [9.17, 15) is 14.0 Å². The lowest BCUT2D eigenvalue weighted by atomic mass is 10.1. The third kappa shape index (κ3) is 2.68. The lowest BCUT2D eigenvalue weighted by molar-refractivity contribution is -0.935. The van der Waals surface area contributed by atoms with Crippen LogP contribution < -0.4 is 21.5 Å². The van der Waals surface area contributed by atoms with E-state index in [0.717, 1.165) is 6.42 Å². The van der Waals surface area contributed by atoms with Gasteiger partial charge in [0.1, 0.15) is 23.7 Å². The van der Waals surface area contributed by atoms with Gasteiger partial charge in [-0.1, -0.05) is 19.1 Å². The fourth-order valence-electron chi connectivity index (χ4n) is 2.91. The van der Waals surface area contributed by atoms with Crippen molar-refractivity contribution in [2.75, 3.05) is 12.0 Å². The molecule has 1 aromatic carbocycles. The van der Waals surface area contributed by atoms with Crippen molar-refractivity contribution in [1.82, 2.24) is 9.55 Å². The number of quaternary nitrogens is 1. The van der Waals surface area contributed by atoms with Crippen LogP contribution in [0.4, 0.5) is 10.2 Å². The first-order valence-corrected chi connectivity index (χ1v) is 7.74. The Balaban J connectivity index is 2.17. The molecule has 1 unspecified atom stereocenters. The van der Waals surface area contributed by atoms with Gasteiger partial charge in [-0.25, -0.2) is 13.8 Å². The molecule has 2 atom stereocenters. The van der Waals surface area contributed by atoms with Crippen LogP contribution in [0.5, 0.6) is 0 Å². The van der Waals surface area contributed by atoms with E-state index in [1.165, 1.54) is 21.6 Å².